The normalized spacial score (nSPS) is 19.0. The van der Waals surface area contributed by atoms with Crippen LogP contribution in [0.15, 0.2) is 41.0 Å². The molecule has 210 valence electrons. The van der Waals surface area contributed by atoms with E-state index in [9.17, 15) is 34.2 Å². The van der Waals surface area contributed by atoms with Crippen LogP contribution in [0, 0.1) is 0 Å². The minimum atomic E-state index is -1.81. The van der Waals surface area contributed by atoms with Crippen LogP contribution in [0.1, 0.15) is 30.0 Å². The van der Waals surface area contributed by atoms with Crippen molar-refractivity contribution in [3.63, 3.8) is 0 Å². The second-order valence-corrected chi connectivity index (χ2v) is 10.9. The molecule has 40 heavy (non-hydrogen) atoms. The van der Waals surface area contributed by atoms with E-state index in [1.807, 2.05) is 0 Å². The van der Waals surface area contributed by atoms with Crippen LogP contribution in [0.2, 0.25) is 0 Å². The van der Waals surface area contributed by atoms with Crippen LogP contribution in [0.5, 0.6) is 0 Å². The molecule has 2 aliphatic heterocycles. The number of thioether (sulfide) groups is 1. The van der Waals surface area contributed by atoms with Gasteiger partial charge in [0.1, 0.15) is 11.4 Å². The summed E-state index contributed by atoms with van der Waals surface area (Å²) < 4.78 is 5.51. The molecule has 18 heteroatoms. The predicted molar refractivity (Wildman–Crippen MR) is 136 cm³/mol. The molecular formula is C22H22N8O8S2. The number of hydrogen-bond donors (Lipinski definition) is 4. The van der Waals surface area contributed by atoms with Gasteiger partial charge >= 0.3 is 5.97 Å². The van der Waals surface area contributed by atoms with Crippen molar-refractivity contribution in [1.29, 1.82) is 0 Å². The van der Waals surface area contributed by atoms with Crippen LogP contribution < -0.4 is 26.5 Å². The zero-order valence-electron chi connectivity index (χ0n) is 20.9. The Morgan fingerprint density at radius 1 is 1.32 bits per heavy atom. The minimum absolute atomic E-state index is 0.000120. The molecule has 0 radical (unpaired) electrons. The number of nitrogens with two attached hydrogens (primary N) is 2. The van der Waals surface area contributed by atoms with E-state index in [-0.39, 0.29) is 34.5 Å². The summed E-state index contributed by atoms with van der Waals surface area (Å²) in [7, 11) is 0. The van der Waals surface area contributed by atoms with Crippen LogP contribution in [-0.2, 0) is 30.6 Å². The number of aliphatic carboxylic acids is 2. The smallest absolute Gasteiger partial charge is 0.350 e. The third-order valence-corrected chi connectivity index (χ3v) is 7.71. The Bertz CT molecular complexity index is 1470. The number of carbonyl (C=O) groups excluding carboxylic acids is 4. The van der Waals surface area contributed by atoms with E-state index in [4.69, 9.17) is 16.3 Å². The molecule has 4 heterocycles. The molecule has 2 atom stereocenters. The predicted octanol–water partition coefficient (Wildman–Crippen LogP) is -2.81. The number of anilines is 1. The lowest BCUT2D eigenvalue weighted by Gasteiger charge is -2.50. The molecule has 1 fully saturated rings. The lowest BCUT2D eigenvalue weighted by Crippen LogP contribution is -2.71. The zero-order valence-corrected chi connectivity index (χ0v) is 22.5. The Morgan fingerprint density at radius 3 is 2.55 bits per heavy atom. The standard InChI is InChI=1S/C22H22N8O8S2/c1-22(2,20(36)37)38-27-11(15-26-21(24)40-28-15)16(32)25-12-17(33)30-13(19(34)35)10(8-39-18(12)30)7-29-5-3-9(4-6-29)14(23)31/h3-6,12,18H,7-8H2,1-2H3,(H6-,23,24,25,26,28,31,32,34,35,36,37)/t12?,18-/m0/s1. The number of fused-ring (bicyclic) bond motifs is 1. The fraction of sp³-hybridized carbons (Fsp3) is 0.318. The first kappa shape index (κ1) is 28.4. The highest BCUT2D eigenvalue weighted by Gasteiger charge is 2.53. The molecule has 0 aromatic carbocycles. The zero-order chi connectivity index (χ0) is 29.4. The molecule has 0 saturated carbocycles. The van der Waals surface area contributed by atoms with Crippen molar-refractivity contribution >= 4 is 63.8 Å². The van der Waals surface area contributed by atoms with Crippen LogP contribution in [-0.4, -0.2) is 77.5 Å². The summed E-state index contributed by atoms with van der Waals surface area (Å²) >= 11 is 1.97. The molecule has 3 amide bonds. The highest BCUT2D eigenvalue weighted by Crippen LogP contribution is 2.40. The van der Waals surface area contributed by atoms with Gasteiger partial charge in [-0.15, -0.1) is 11.8 Å². The average molecular weight is 591 g/mol. The second-order valence-electron chi connectivity index (χ2n) is 9.03. The van der Waals surface area contributed by atoms with Gasteiger partial charge in [0.15, 0.2) is 24.1 Å². The average Bonchev–Trinajstić information content (AvgIpc) is 3.32. The van der Waals surface area contributed by atoms with Crippen molar-refractivity contribution in [2.75, 3.05) is 11.5 Å². The van der Waals surface area contributed by atoms with Crippen LogP contribution in [0.4, 0.5) is 5.13 Å². The Labute approximate surface area is 233 Å². The van der Waals surface area contributed by atoms with Crippen molar-refractivity contribution in [2.24, 2.45) is 10.9 Å². The van der Waals surface area contributed by atoms with E-state index in [0.29, 0.717) is 5.57 Å². The summed E-state index contributed by atoms with van der Waals surface area (Å²) in [5, 5.41) is 26.6. The number of rotatable bonds is 10. The van der Waals surface area contributed by atoms with Crippen molar-refractivity contribution < 1.29 is 43.6 Å². The maximum Gasteiger partial charge on any atom is 0.350 e. The molecule has 2 aromatic heterocycles. The number of amides is 3. The fourth-order valence-corrected chi connectivity index (χ4v) is 5.43. The van der Waals surface area contributed by atoms with Crippen molar-refractivity contribution in [3.05, 3.63) is 47.2 Å². The summed E-state index contributed by atoms with van der Waals surface area (Å²) in [5.41, 5.74) is 8.84. The van der Waals surface area contributed by atoms with Gasteiger partial charge in [-0.2, -0.15) is 9.36 Å². The largest absolute Gasteiger partial charge is 0.543 e. The lowest BCUT2D eigenvalue weighted by atomic mass is 10.0. The molecule has 0 aliphatic carbocycles. The van der Waals surface area contributed by atoms with Gasteiger partial charge in [-0.25, -0.2) is 9.36 Å². The first-order chi connectivity index (χ1) is 18.8. The maximum atomic E-state index is 13.1. The van der Waals surface area contributed by atoms with Gasteiger partial charge in [0.25, 0.3) is 11.8 Å². The third kappa shape index (κ3) is 5.57. The SMILES string of the molecule is CC(C)(ON=C(C(=O)NC1C(=O)N2C(C(=O)[O-])=C(C[n+]3ccc(C(N)=O)cc3)CS[C@@H]12)c1nsc(N)n1)C(=O)O. The monoisotopic (exact) mass is 590 g/mol. The number of carbonyl (C=O) groups is 5. The molecule has 1 unspecified atom stereocenters. The van der Waals surface area contributed by atoms with E-state index < -0.39 is 52.4 Å². The Hall–Kier alpha value is -4.58. The molecule has 6 N–H and O–H groups in total. The molecule has 0 spiro atoms. The number of nitrogen functional groups attached to an aromatic ring is 1. The highest BCUT2D eigenvalue weighted by atomic mass is 32.2. The van der Waals surface area contributed by atoms with Gasteiger partial charge in [-0.1, -0.05) is 5.16 Å². The van der Waals surface area contributed by atoms with Crippen molar-refractivity contribution in [2.45, 2.75) is 37.4 Å². The lowest BCUT2D eigenvalue weighted by molar-refractivity contribution is -0.689. The van der Waals surface area contributed by atoms with E-state index >= 15 is 0 Å². The van der Waals surface area contributed by atoms with Gasteiger partial charge in [0, 0.05) is 35.0 Å². The van der Waals surface area contributed by atoms with E-state index in [1.54, 1.807) is 17.0 Å². The second kappa shape index (κ2) is 10.9. The summed E-state index contributed by atoms with van der Waals surface area (Å²) in [6.45, 7) is 2.51. The number of nitrogens with one attached hydrogen (secondary N) is 1. The fourth-order valence-electron chi connectivity index (χ4n) is 3.66. The van der Waals surface area contributed by atoms with E-state index in [2.05, 4.69) is 19.8 Å². The van der Waals surface area contributed by atoms with Crippen LogP contribution >= 0.6 is 23.3 Å². The Balaban J connectivity index is 1.54. The van der Waals surface area contributed by atoms with E-state index in [0.717, 1.165) is 16.4 Å². The quantitative estimate of drug-likeness (QED) is 0.0948. The van der Waals surface area contributed by atoms with Gasteiger partial charge in [-0.05, 0) is 13.8 Å². The van der Waals surface area contributed by atoms with E-state index in [1.165, 1.54) is 37.7 Å². The Kier molecular flexibility index (Phi) is 7.74. The number of nitrogens with zero attached hydrogens (tertiary/aromatic N) is 5. The Morgan fingerprint density at radius 2 is 2.00 bits per heavy atom. The first-order valence-corrected chi connectivity index (χ1v) is 13.2. The molecule has 2 aromatic rings. The summed E-state index contributed by atoms with van der Waals surface area (Å²) in [6, 6.07) is 1.81. The number of hydrogen-bond acceptors (Lipinski definition) is 13. The van der Waals surface area contributed by atoms with Crippen molar-refractivity contribution in [1.82, 2.24) is 19.6 Å². The number of pyridine rings is 1. The third-order valence-electron chi connectivity index (χ3n) is 5.83. The number of carboxylic acid groups (broad SMARTS) is 2. The van der Waals surface area contributed by atoms with Gasteiger partial charge in [-0.3, -0.25) is 19.3 Å². The summed E-state index contributed by atoms with van der Waals surface area (Å²) in [4.78, 5) is 70.8. The number of carboxylic acids is 2. The van der Waals surface area contributed by atoms with Crippen molar-refractivity contribution in [3.8, 4) is 0 Å². The molecule has 4 rings (SSSR count). The molecule has 2 aliphatic rings. The van der Waals surface area contributed by atoms with Gasteiger partial charge in [0.2, 0.25) is 23.0 Å². The summed E-state index contributed by atoms with van der Waals surface area (Å²) in [5.74, 6) is -5.28. The van der Waals surface area contributed by atoms with Gasteiger partial charge < -0.3 is 36.6 Å². The van der Waals surface area contributed by atoms with Crippen LogP contribution in [0.3, 0.4) is 0 Å². The number of oxime groups is 1. The molecular weight excluding hydrogens is 568 g/mol. The van der Waals surface area contributed by atoms with Crippen LogP contribution in [0.25, 0.3) is 0 Å². The molecule has 16 nitrogen and oxygen atoms in total. The molecule has 0 bridgehead atoms. The maximum absolute atomic E-state index is 13.1. The number of aromatic nitrogens is 3. The van der Waals surface area contributed by atoms with Gasteiger partial charge in [0.05, 0.1) is 17.2 Å². The molecule has 1 saturated heterocycles. The first-order valence-electron chi connectivity index (χ1n) is 11.4. The number of β-lactam (4-membered cyclic amide) rings is 1. The topological polar surface area (TPSA) is 247 Å². The minimum Gasteiger partial charge on any atom is -0.543 e. The highest BCUT2D eigenvalue weighted by molar-refractivity contribution is 8.00. The number of primary amides is 1. The summed E-state index contributed by atoms with van der Waals surface area (Å²) in [6.07, 6.45) is 3.09.